The predicted octanol–water partition coefficient (Wildman–Crippen LogP) is 4.67. The molecule has 142 valence electrons. The molecule has 1 aromatic carbocycles. The number of nitrogens with one attached hydrogen (secondary N) is 1. The average Bonchev–Trinajstić information content (AvgIpc) is 3.01. The third-order valence-electron chi connectivity index (χ3n) is 4.09. The largest absolute Gasteiger partial charge is 0.350 e. The van der Waals surface area contributed by atoms with Crippen LogP contribution in [0, 0.1) is 0 Å². The van der Waals surface area contributed by atoms with Gasteiger partial charge in [0.2, 0.25) is 5.91 Å². The van der Waals surface area contributed by atoms with Crippen LogP contribution in [0.3, 0.4) is 0 Å². The molecule has 0 saturated carbocycles. The quantitative estimate of drug-likeness (QED) is 0.767. The van der Waals surface area contributed by atoms with Gasteiger partial charge in [0.25, 0.3) is 0 Å². The van der Waals surface area contributed by atoms with Crippen LogP contribution in [0.15, 0.2) is 29.6 Å². The second-order valence-corrected chi connectivity index (χ2v) is 8.88. The molecule has 1 aromatic heterocycles. The molecule has 0 unspecified atom stereocenters. The summed E-state index contributed by atoms with van der Waals surface area (Å²) in [7, 11) is 0. The zero-order chi connectivity index (χ0) is 19.3. The van der Waals surface area contributed by atoms with Gasteiger partial charge in [0.15, 0.2) is 0 Å². The highest BCUT2D eigenvalue weighted by Gasteiger charge is 2.17. The summed E-state index contributed by atoms with van der Waals surface area (Å²) in [6, 6.07) is 8.64. The Hall–Kier alpha value is -1.72. The number of amides is 1. The van der Waals surface area contributed by atoms with Crippen molar-refractivity contribution < 1.29 is 4.79 Å². The molecule has 0 aliphatic heterocycles. The van der Waals surface area contributed by atoms with Crippen LogP contribution in [0.1, 0.15) is 58.7 Å². The summed E-state index contributed by atoms with van der Waals surface area (Å²) in [5.41, 5.74) is 3.31. The van der Waals surface area contributed by atoms with Crippen molar-refractivity contribution in [3.05, 3.63) is 40.9 Å². The summed E-state index contributed by atoms with van der Waals surface area (Å²) in [5, 5.41) is 6.14. The van der Waals surface area contributed by atoms with Gasteiger partial charge in [0.1, 0.15) is 5.01 Å². The number of nitrogens with zero attached hydrogens (tertiary/aromatic N) is 2. The Labute approximate surface area is 161 Å². The Balaban J connectivity index is 2.00. The maximum atomic E-state index is 12.2. The summed E-state index contributed by atoms with van der Waals surface area (Å²) >= 11 is 1.66. The van der Waals surface area contributed by atoms with Crippen molar-refractivity contribution in [1.82, 2.24) is 15.2 Å². The molecule has 0 fully saturated rings. The lowest BCUT2D eigenvalue weighted by Gasteiger charge is -2.24. The highest BCUT2D eigenvalue weighted by molar-refractivity contribution is 7.13. The molecule has 1 N–H and O–H groups in total. The monoisotopic (exact) mass is 373 g/mol. The Morgan fingerprint density at radius 1 is 1.23 bits per heavy atom. The second kappa shape index (κ2) is 8.78. The van der Waals surface area contributed by atoms with E-state index in [-0.39, 0.29) is 11.4 Å². The molecule has 2 rings (SSSR count). The Bertz CT molecular complexity index is 714. The van der Waals surface area contributed by atoms with Crippen molar-refractivity contribution in [2.45, 2.75) is 59.5 Å². The molecule has 0 radical (unpaired) electrons. The van der Waals surface area contributed by atoms with Crippen LogP contribution in [-0.4, -0.2) is 34.4 Å². The Kier molecular flexibility index (Phi) is 6.95. The molecule has 26 heavy (non-hydrogen) atoms. The van der Waals surface area contributed by atoms with Crippen LogP contribution in [0.4, 0.5) is 0 Å². The van der Waals surface area contributed by atoms with Gasteiger partial charge in [-0.1, -0.05) is 45.0 Å². The van der Waals surface area contributed by atoms with Crippen LogP contribution in [0.5, 0.6) is 0 Å². The van der Waals surface area contributed by atoms with Crippen molar-refractivity contribution in [3.63, 3.8) is 0 Å². The van der Waals surface area contributed by atoms with Gasteiger partial charge >= 0.3 is 0 Å². The van der Waals surface area contributed by atoms with E-state index in [0.717, 1.165) is 22.8 Å². The first-order valence-electron chi connectivity index (χ1n) is 9.26. The summed E-state index contributed by atoms with van der Waals surface area (Å²) in [6.07, 6.45) is 0. The zero-order valence-electron chi connectivity index (χ0n) is 16.8. The molecule has 0 saturated heterocycles. The fourth-order valence-electron chi connectivity index (χ4n) is 2.69. The third kappa shape index (κ3) is 6.22. The highest BCUT2D eigenvalue weighted by Crippen LogP contribution is 2.26. The minimum atomic E-state index is -0.202. The number of hydrogen-bond donors (Lipinski definition) is 1. The van der Waals surface area contributed by atoms with Crippen molar-refractivity contribution in [2.24, 2.45) is 0 Å². The van der Waals surface area contributed by atoms with Crippen LogP contribution in [0.25, 0.3) is 10.6 Å². The van der Waals surface area contributed by atoms with Crippen molar-refractivity contribution in [2.75, 3.05) is 13.1 Å². The van der Waals surface area contributed by atoms with Crippen molar-refractivity contribution >= 4 is 17.2 Å². The molecular formula is C21H31N3OS. The zero-order valence-corrected chi connectivity index (χ0v) is 17.6. The average molecular weight is 374 g/mol. The molecule has 1 amide bonds. The summed E-state index contributed by atoms with van der Waals surface area (Å²) < 4.78 is 0. The number of carbonyl (C=O) groups is 1. The van der Waals surface area contributed by atoms with Crippen LogP contribution >= 0.6 is 11.3 Å². The number of thiazole rings is 1. The normalized spacial score (nSPS) is 12.0. The van der Waals surface area contributed by atoms with Crippen LogP contribution in [-0.2, 0) is 11.3 Å². The molecule has 1 heterocycles. The van der Waals surface area contributed by atoms with E-state index in [1.54, 1.807) is 11.3 Å². The fourth-order valence-corrected chi connectivity index (χ4v) is 3.51. The number of carbonyl (C=O) groups excluding carboxylic acids is 1. The smallest absolute Gasteiger partial charge is 0.234 e. The molecular weight excluding hydrogens is 342 g/mol. The van der Waals surface area contributed by atoms with E-state index >= 15 is 0 Å². The highest BCUT2D eigenvalue weighted by atomic mass is 32.1. The molecule has 0 atom stereocenters. The molecule has 2 aromatic rings. The molecule has 5 heteroatoms. The lowest BCUT2D eigenvalue weighted by Crippen LogP contribution is -2.45. The fraction of sp³-hybridized carbons (Fsp3) is 0.524. The van der Waals surface area contributed by atoms with Gasteiger partial charge < -0.3 is 5.32 Å². The molecule has 0 aliphatic rings. The number of rotatable bonds is 7. The topological polar surface area (TPSA) is 45.2 Å². The Morgan fingerprint density at radius 2 is 1.88 bits per heavy atom. The third-order valence-corrected chi connectivity index (χ3v) is 5.03. The minimum Gasteiger partial charge on any atom is -0.350 e. The molecule has 4 nitrogen and oxygen atoms in total. The molecule has 0 bridgehead atoms. The van der Waals surface area contributed by atoms with E-state index in [4.69, 9.17) is 4.98 Å². The lowest BCUT2D eigenvalue weighted by atomic mass is 10.0. The first-order chi connectivity index (χ1) is 12.2. The maximum Gasteiger partial charge on any atom is 0.234 e. The van der Waals surface area contributed by atoms with E-state index in [2.05, 4.69) is 60.6 Å². The van der Waals surface area contributed by atoms with E-state index < -0.39 is 0 Å². The maximum absolute atomic E-state index is 12.2. The first kappa shape index (κ1) is 20.6. The Morgan fingerprint density at radius 3 is 2.42 bits per heavy atom. The van der Waals surface area contributed by atoms with Crippen molar-refractivity contribution in [1.29, 1.82) is 0 Å². The van der Waals surface area contributed by atoms with Gasteiger partial charge in [0, 0.05) is 23.0 Å². The number of likely N-dealkylation sites (N-methyl/N-ethyl adjacent to an activating group) is 1. The molecule has 0 spiro atoms. The van der Waals surface area contributed by atoms with Gasteiger partial charge in [-0.3, -0.25) is 9.69 Å². The van der Waals surface area contributed by atoms with Crippen LogP contribution < -0.4 is 5.32 Å². The van der Waals surface area contributed by atoms with Gasteiger partial charge in [-0.25, -0.2) is 4.98 Å². The standard InChI is InChI=1S/C21H31N3OS/c1-7-24(13-19(25)23-21(4,5)6)12-18-14-26-20(22-18)17-10-8-16(9-11-17)15(2)3/h8-11,14-15H,7,12-13H2,1-6H3,(H,23,25). The predicted molar refractivity (Wildman–Crippen MR) is 110 cm³/mol. The second-order valence-electron chi connectivity index (χ2n) is 8.02. The van der Waals surface area contributed by atoms with Gasteiger partial charge in [0.05, 0.1) is 12.2 Å². The number of hydrogen-bond acceptors (Lipinski definition) is 4. The van der Waals surface area contributed by atoms with Gasteiger partial charge in [-0.2, -0.15) is 0 Å². The summed E-state index contributed by atoms with van der Waals surface area (Å²) in [5.74, 6) is 0.590. The van der Waals surface area contributed by atoms with E-state index in [9.17, 15) is 4.79 Å². The van der Waals surface area contributed by atoms with E-state index in [1.807, 2.05) is 20.8 Å². The van der Waals surface area contributed by atoms with Crippen LogP contribution in [0.2, 0.25) is 0 Å². The number of benzene rings is 1. The molecule has 0 aliphatic carbocycles. The van der Waals surface area contributed by atoms with E-state index in [1.165, 1.54) is 5.56 Å². The SMILES string of the molecule is CCN(CC(=O)NC(C)(C)C)Cc1csc(-c2ccc(C(C)C)cc2)n1. The first-order valence-corrected chi connectivity index (χ1v) is 10.1. The minimum absolute atomic E-state index is 0.0547. The summed E-state index contributed by atoms with van der Waals surface area (Å²) in [6.45, 7) is 14.4. The van der Waals surface area contributed by atoms with E-state index in [0.29, 0.717) is 19.0 Å². The van der Waals surface area contributed by atoms with Gasteiger partial charge in [-0.05, 0) is 38.8 Å². The summed E-state index contributed by atoms with van der Waals surface area (Å²) in [4.78, 5) is 19.0. The van der Waals surface area contributed by atoms with Crippen molar-refractivity contribution in [3.8, 4) is 10.6 Å². The van der Waals surface area contributed by atoms with Gasteiger partial charge in [-0.15, -0.1) is 11.3 Å². The lowest BCUT2D eigenvalue weighted by molar-refractivity contribution is -0.123. The number of aromatic nitrogens is 1.